The minimum atomic E-state index is -0.0998. The van der Waals surface area contributed by atoms with Crippen LogP contribution in [-0.4, -0.2) is 18.6 Å². The van der Waals surface area contributed by atoms with Gasteiger partial charge in [-0.05, 0) is 19.3 Å². The second-order valence-electron chi connectivity index (χ2n) is 3.02. The Hall–Kier alpha value is -0.570. The zero-order chi connectivity index (χ0) is 8.81. The van der Waals surface area contributed by atoms with Gasteiger partial charge in [0.25, 0.3) is 0 Å². The molecule has 1 heterocycles. The van der Waals surface area contributed by atoms with Crippen molar-refractivity contribution in [3.8, 4) is 0 Å². The normalized spacial score (nSPS) is 22.6. The predicted octanol–water partition coefficient (Wildman–Crippen LogP) is 1.24. The highest BCUT2D eigenvalue weighted by Crippen LogP contribution is 2.09. The molecule has 1 radical (unpaired) electrons. The Morgan fingerprint density at radius 3 is 3.17 bits per heavy atom. The van der Waals surface area contributed by atoms with E-state index in [1.165, 1.54) is 0 Å². The third kappa shape index (κ3) is 2.81. The maximum absolute atomic E-state index is 11.2. The topological polar surface area (TPSA) is 38.3 Å². The highest BCUT2D eigenvalue weighted by molar-refractivity contribution is 5.76. The van der Waals surface area contributed by atoms with Crippen LogP contribution in [-0.2, 0) is 9.53 Å². The molecule has 1 saturated heterocycles. The third-order valence-corrected chi connectivity index (χ3v) is 1.95. The summed E-state index contributed by atoms with van der Waals surface area (Å²) in [5.41, 5.74) is 0. The summed E-state index contributed by atoms with van der Waals surface area (Å²) in [6.07, 6.45) is 3.87. The summed E-state index contributed by atoms with van der Waals surface area (Å²) in [5.74, 6) is -0.0998. The zero-order valence-electron chi connectivity index (χ0n) is 7.51. The second-order valence-corrected chi connectivity index (χ2v) is 3.02. The minimum Gasteiger partial charge on any atom is -0.465 e. The Morgan fingerprint density at radius 1 is 1.75 bits per heavy atom. The first-order valence-corrected chi connectivity index (χ1v) is 4.59. The molecule has 1 rings (SSSR count). The molecule has 1 atom stereocenters. The van der Waals surface area contributed by atoms with Gasteiger partial charge in [-0.15, -0.1) is 0 Å². The first kappa shape index (κ1) is 9.52. The Labute approximate surface area is 73.5 Å². The zero-order valence-corrected chi connectivity index (χ0v) is 7.51. The summed E-state index contributed by atoms with van der Waals surface area (Å²) in [6, 6.07) is -0.0816. The monoisotopic (exact) mass is 170 g/mol. The predicted molar refractivity (Wildman–Crippen MR) is 46.3 cm³/mol. The molecule has 0 spiro atoms. The smallest absolute Gasteiger partial charge is 0.323 e. The van der Waals surface area contributed by atoms with E-state index >= 15 is 0 Å². The molecule has 0 aliphatic carbocycles. The van der Waals surface area contributed by atoms with Gasteiger partial charge in [0.05, 0.1) is 6.61 Å². The lowest BCUT2D eigenvalue weighted by Gasteiger charge is -2.09. The van der Waals surface area contributed by atoms with Crippen molar-refractivity contribution in [1.82, 2.24) is 5.32 Å². The molecule has 0 aromatic carbocycles. The first-order valence-electron chi connectivity index (χ1n) is 4.59. The van der Waals surface area contributed by atoms with Crippen LogP contribution < -0.4 is 5.32 Å². The van der Waals surface area contributed by atoms with E-state index in [1.54, 1.807) is 0 Å². The van der Waals surface area contributed by atoms with Crippen molar-refractivity contribution in [2.24, 2.45) is 0 Å². The van der Waals surface area contributed by atoms with Crippen molar-refractivity contribution in [2.75, 3.05) is 6.61 Å². The minimum absolute atomic E-state index is 0.0816. The molecule has 12 heavy (non-hydrogen) atoms. The molecule has 0 saturated carbocycles. The molecule has 0 amide bonds. The van der Waals surface area contributed by atoms with Crippen molar-refractivity contribution < 1.29 is 9.53 Å². The van der Waals surface area contributed by atoms with Crippen molar-refractivity contribution >= 4 is 5.97 Å². The van der Waals surface area contributed by atoms with Crippen molar-refractivity contribution in [1.29, 1.82) is 0 Å². The molecule has 3 heteroatoms. The van der Waals surface area contributed by atoms with Gasteiger partial charge < -0.3 is 10.1 Å². The summed E-state index contributed by atoms with van der Waals surface area (Å²) < 4.78 is 5.04. The molecule has 0 bridgehead atoms. The fraction of sp³-hybridized carbons (Fsp3) is 0.778. The summed E-state index contributed by atoms with van der Waals surface area (Å²) in [7, 11) is 0. The van der Waals surface area contributed by atoms with Gasteiger partial charge in [0.2, 0.25) is 0 Å². The van der Waals surface area contributed by atoms with Gasteiger partial charge in [0, 0.05) is 6.54 Å². The van der Waals surface area contributed by atoms with E-state index in [9.17, 15) is 4.79 Å². The van der Waals surface area contributed by atoms with Crippen LogP contribution in [0.1, 0.15) is 32.6 Å². The Balaban J connectivity index is 2.10. The molecule has 0 aromatic heterocycles. The van der Waals surface area contributed by atoms with Crippen LogP contribution in [0.5, 0.6) is 0 Å². The van der Waals surface area contributed by atoms with Gasteiger partial charge in [-0.2, -0.15) is 0 Å². The van der Waals surface area contributed by atoms with Crippen LogP contribution in [0.15, 0.2) is 0 Å². The van der Waals surface area contributed by atoms with Gasteiger partial charge in [-0.3, -0.25) is 4.79 Å². The molecular formula is C9H16NO2. The van der Waals surface area contributed by atoms with E-state index < -0.39 is 0 Å². The first-order chi connectivity index (χ1) is 5.84. The number of hydrogen-bond acceptors (Lipinski definition) is 3. The Bertz CT molecular complexity index is 141. The van der Waals surface area contributed by atoms with E-state index in [2.05, 4.69) is 12.2 Å². The van der Waals surface area contributed by atoms with E-state index in [-0.39, 0.29) is 12.0 Å². The van der Waals surface area contributed by atoms with E-state index in [1.807, 2.05) is 6.54 Å². The van der Waals surface area contributed by atoms with Crippen LogP contribution in [0, 0.1) is 6.54 Å². The van der Waals surface area contributed by atoms with Gasteiger partial charge in [0.15, 0.2) is 0 Å². The third-order valence-electron chi connectivity index (χ3n) is 1.95. The molecule has 1 aliphatic heterocycles. The van der Waals surface area contributed by atoms with Gasteiger partial charge in [-0.1, -0.05) is 13.3 Å². The number of nitrogens with one attached hydrogen (secondary N) is 1. The van der Waals surface area contributed by atoms with Crippen LogP contribution in [0.4, 0.5) is 0 Å². The lowest BCUT2D eigenvalue weighted by Crippen LogP contribution is -2.31. The lowest BCUT2D eigenvalue weighted by atomic mass is 10.2. The van der Waals surface area contributed by atoms with E-state index in [0.717, 1.165) is 25.7 Å². The number of carbonyl (C=O) groups excluding carboxylic acids is 1. The molecule has 3 nitrogen and oxygen atoms in total. The lowest BCUT2D eigenvalue weighted by molar-refractivity contribution is -0.145. The van der Waals surface area contributed by atoms with Crippen LogP contribution >= 0.6 is 0 Å². The van der Waals surface area contributed by atoms with Crippen LogP contribution in [0.3, 0.4) is 0 Å². The highest BCUT2D eigenvalue weighted by Gasteiger charge is 2.23. The summed E-state index contributed by atoms with van der Waals surface area (Å²) >= 11 is 0. The Kier molecular flexibility index (Phi) is 4.08. The SMILES string of the molecule is CCCCOC(=O)C1CC[CH]N1. The fourth-order valence-corrected chi connectivity index (χ4v) is 1.16. The number of unbranched alkanes of at least 4 members (excludes halogenated alkanes) is 1. The van der Waals surface area contributed by atoms with Gasteiger partial charge in [-0.25, -0.2) is 0 Å². The van der Waals surface area contributed by atoms with Crippen LogP contribution in [0.2, 0.25) is 0 Å². The van der Waals surface area contributed by atoms with Gasteiger partial charge in [0.1, 0.15) is 6.04 Å². The second kappa shape index (κ2) is 5.14. The molecule has 1 unspecified atom stereocenters. The number of carbonyl (C=O) groups is 1. The fourth-order valence-electron chi connectivity index (χ4n) is 1.16. The number of esters is 1. The molecule has 1 fully saturated rings. The van der Waals surface area contributed by atoms with Gasteiger partial charge >= 0.3 is 5.97 Å². The molecule has 0 aromatic rings. The largest absolute Gasteiger partial charge is 0.465 e. The average Bonchev–Trinajstić information content (AvgIpc) is 2.56. The summed E-state index contributed by atoms with van der Waals surface area (Å²) in [6.45, 7) is 4.56. The standard InChI is InChI=1S/C9H16NO2/c1-2-3-7-12-9(11)8-5-4-6-10-8/h6,8,10H,2-5,7H2,1H3. The number of rotatable bonds is 4. The molecule has 69 valence electrons. The molecule has 1 aliphatic rings. The number of ether oxygens (including phenoxy) is 1. The quantitative estimate of drug-likeness (QED) is 0.509. The van der Waals surface area contributed by atoms with Crippen molar-refractivity contribution in [2.45, 2.75) is 38.6 Å². The maximum atomic E-state index is 11.2. The van der Waals surface area contributed by atoms with E-state index in [0.29, 0.717) is 6.61 Å². The summed E-state index contributed by atoms with van der Waals surface area (Å²) in [4.78, 5) is 11.2. The Morgan fingerprint density at radius 2 is 2.58 bits per heavy atom. The molecular weight excluding hydrogens is 154 g/mol. The highest BCUT2D eigenvalue weighted by atomic mass is 16.5. The van der Waals surface area contributed by atoms with Crippen LogP contribution in [0.25, 0.3) is 0 Å². The van der Waals surface area contributed by atoms with Crippen molar-refractivity contribution in [3.63, 3.8) is 0 Å². The summed E-state index contributed by atoms with van der Waals surface area (Å²) in [5, 5.41) is 2.98. The number of hydrogen-bond donors (Lipinski definition) is 1. The van der Waals surface area contributed by atoms with E-state index in [4.69, 9.17) is 4.74 Å². The molecule has 1 N–H and O–H groups in total. The average molecular weight is 170 g/mol. The van der Waals surface area contributed by atoms with Crippen molar-refractivity contribution in [3.05, 3.63) is 6.54 Å². The maximum Gasteiger partial charge on any atom is 0.323 e.